The number of ether oxygens (including phenoxy) is 3. The number of fused-ring (bicyclic) bond motifs is 5. The van der Waals surface area contributed by atoms with Crippen LogP contribution in [0, 0.1) is 28.6 Å². The fourth-order valence-corrected chi connectivity index (χ4v) is 7.61. The summed E-state index contributed by atoms with van der Waals surface area (Å²) < 4.78 is 16.8. The van der Waals surface area contributed by atoms with Crippen LogP contribution in [0.5, 0.6) is 0 Å². The van der Waals surface area contributed by atoms with Crippen molar-refractivity contribution >= 4 is 17.9 Å². The van der Waals surface area contributed by atoms with Crippen molar-refractivity contribution in [3.63, 3.8) is 0 Å². The lowest BCUT2D eigenvalue weighted by Crippen LogP contribution is -2.55. The molecule has 0 aromatic heterocycles. The van der Waals surface area contributed by atoms with E-state index in [-0.39, 0.29) is 52.6 Å². The zero-order valence-electron chi connectivity index (χ0n) is 19.8. The third-order valence-electron chi connectivity index (χ3n) is 8.94. The topological polar surface area (TPSA) is 99.1 Å². The van der Waals surface area contributed by atoms with Crippen molar-refractivity contribution < 1.29 is 33.7 Å². The van der Waals surface area contributed by atoms with Gasteiger partial charge in [0.05, 0.1) is 6.10 Å². The summed E-state index contributed by atoms with van der Waals surface area (Å²) in [6, 6.07) is 0. The van der Waals surface area contributed by atoms with E-state index in [2.05, 4.69) is 13.8 Å². The van der Waals surface area contributed by atoms with Gasteiger partial charge in [0, 0.05) is 32.6 Å². The molecule has 178 valence electrons. The van der Waals surface area contributed by atoms with Gasteiger partial charge in [-0.05, 0) is 55.3 Å². The summed E-state index contributed by atoms with van der Waals surface area (Å²) in [6.45, 7) is 8.62. The van der Waals surface area contributed by atoms with Crippen LogP contribution >= 0.6 is 0 Å². The summed E-state index contributed by atoms with van der Waals surface area (Å²) in [7, 11) is 0. The highest BCUT2D eigenvalue weighted by atomic mass is 16.6. The molecular formula is C25H36O7. The number of carbonyl (C=O) groups is 3. The van der Waals surface area contributed by atoms with E-state index in [0.717, 1.165) is 25.7 Å². The van der Waals surface area contributed by atoms with Crippen molar-refractivity contribution in [2.45, 2.75) is 97.6 Å². The van der Waals surface area contributed by atoms with E-state index in [1.807, 2.05) is 6.08 Å². The number of esters is 3. The van der Waals surface area contributed by atoms with Gasteiger partial charge in [-0.15, -0.1) is 0 Å². The third kappa shape index (κ3) is 3.76. The molecule has 32 heavy (non-hydrogen) atoms. The molecule has 4 rings (SSSR count). The van der Waals surface area contributed by atoms with Gasteiger partial charge in [-0.25, -0.2) is 0 Å². The molecule has 7 heteroatoms. The monoisotopic (exact) mass is 448 g/mol. The Labute approximate surface area is 189 Å². The van der Waals surface area contributed by atoms with Gasteiger partial charge in [0.25, 0.3) is 0 Å². The minimum Gasteiger partial charge on any atom is -0.462 e. The Morgan fingerprint density at radius 1 is 0.938 bits per heavy atom. The lowest BCUT2D eigenvalue weighted by molar-refractivity contribution is -0.174. The van der Waals surface area contributed by atoms with E-state index in [4.69, 9.17) is 14.2 Å². The molecule has 0 spiro atoms. The van der Waals surface area contributed by atoms with E-state index in [0.29, 0.717) is 12.8 Å². The lowest BCUT2D eigenvalue weighted by atomic mass is 9.47. The molecule has 4 aliphatic carbocycles. The smallest absolute Gasteiger partial charge is 0.303 e. The molecule has 0 aromatic carbocycles. The average molecular weight is 449 g/mol. The normalized spacial score (nSPS) is 44.9. The number of hydrogen-bond donors (Lipinski definition) is 1. The molecule has 0 bridgehead atoms. The minimum absolute atomic E-state index is 0.00592. The fraction of sp³-hybridized carbons (Fsp3) is 0.800. The molecule has 1 N–H and O–H groups in total. The van der Waals surface area contributed by atoms with Crippen LogP contribution in [-0.2, 0) is 28.6 Å². The molecule has 0 aliphatic heterocycles. The Balaban J connectivity index is 1.65. The van der Waals surface area contributed by atoms with Gasteiger partial charge in [-0.2, -0.15) is 0 Å². The summed E-state index contributed by atoms with van der Waals surface area (Å²) in [4.78, 5) is 35.1. The van der Waals surface area contributed by atoms with Crippen LogP contribution < -0.4 is 0 Å². The lowest BCUT2D eigenvalue weighted by Gasteiger charge is -2.58. The van der Waals surface area contributed by atoms with E-state index in [1.165, 1.54) is 26.3 Å². The Kier molecular flexibility index (Phi) is 5.93. The summed E-state index contributed by atoms with van der Waals surface area (Å²) in [5.74, 6) is -0.660. The second-order valence-corrected chi connectivity index (χ2v) is 10.8. The molecule has 3 fully saturated rings. The number of aliphatic hydroxyl groups is 1. The molecule has 7 nitrogen and oxygen atoms in total. The second-order valence-electron chi connectivity index (χ2n) is 10.8. The molecule has 0 saturated heterocycles. The Morgan fingerprint density at radius 3 is 2.22 bits per heavy atom. The molecule has 4 aliphatic rings. The Morgan fingerprint density at radius 2 is 1.59 bits per heavy atom. The summed E-state index contributed by atoms with van der Waals surface area (Å²) in [5.41, 5.74) is 0.779. The maximum atomic E-state index is 11.9. The molecule has 9 atom stereocenters. The Bertz CT molecular complexity index is 834. The van der Waals surface area contributed by atoms with Crippen molar-refractivity contribution in [1.29, 1.82) is 0 Å². The van der Waals surface area contributed by atoms with Crippen molar-refractivity contribution in [3.8, 4) is 0 Å². The van der Waals surface area contributed by atoms with Gasteiger partial charge in [0.2, 0.25) is 0 Å². The van der Waals surface area contributed by atoms with E-state index >= 15 is 0 Å². The predicted molar refractivity (Wildman–Crippen MR) is 115 cm³/mol. The fourth-order valence-electron chi connectivity index (χ4n) is 7.61. The first kappa shape index (κ1) is 23.3. The molecule has 0 heterocycles. The zero-order valence-corrected chi connectivity index (χ0v) is 19.8. The Hall–Kier alpha value is -1.89. The molecule has 9 unspecified atom stereocenters. The third-order valence-corrected chi connectivity index (χ3v) is 8.94. The average Bonchev–Trinajstić information content (AvgIpc) is 2.93. The SMILES string of the molecule is CC(=O)OC1CCC2(C)C(=CC(O)C3C2CCC2(C)C3CC(OC(C)=O)C2OC(C)=O)C1. The standard InChI is InChI=1S/C25H36O7/c1-13(26)30-17-6-8-24(4)16(10-17)11-20(29)22-18(24)7-9-25(5)19(22)12-21(31-14(2)27)23(25)32-15(3)28/h11,17-23,29H,6-10,12H2,1-5H3. The van der Waals surface area contributed by atoms with Gasteiger partial charge in [-0.1, -0.05) is 25.5 Å². The van der Waals surface area contributed by atoms with Gasteiger partial charge in [0.15, 0.2) is 0 Å². The maximum Gasteiger partial charge on any atom is 0.303 e. The van der Waals surface area contributed by atoms with Crippen LogP contribution in [-0.4, -0.2) is 47.4 Å². The van der Waals surface area contributed by atoms with Crippen molar-refractivity contribution in [3.05, 3.63) is 11.6 Å². The number of carbonyl (C=O) groups excluding carboxylic acids is 3. The van der Waals surface area contributed by atoms with Crippen molar-refractivity contribution in [1.82, 2.24) is 0 Å². The van der Waals surface area contributed by atoms with Crippen molar-refractivity contribution in [2.75, 3.05) is 0 Å². The molecule has 0 amide bonds. The van der Waals surface area contributed by atoms with Gasteiger partial charge in [-0.3, -0.25) is 14.4 Å². The zero-order chi connectivity index (χ0) is 23.4. The highest BCUT2D eigenvalue weighted by Gasteiger charge is 2.65. The number of rotatable bonds is 3. The maximum absolute atomic E-state index is 11.9. The highest BCUT2D eigenvalue weighted by molar-refractivity contribution is 5.67. The first-order chi connectivity index (χ1) is 15.0. The number of hydrogen-bond acceptors (Lipinski definition) is 7. The van der Waals surface area contributed by atoms with Gasteiger partial charge >= 0.3 is 17.9 Å². The largest absolute Gasteiger partial charge is 0.462 e. The van der Waals surface area contributed by atoms with Crippen LogP contribution in [0.15, 0.2) is 11.6 Å². The van der Waals surface area contributed by atoms with Crippen LogP contribution in [0.25, 0.3) is 0 Å². The first-order valence-electron chi connectivity index (χ1n) is 11.9. The van der Waals surface area contributed by atoms with Gasteiger partial charge < -0.3 is 19.3 Å². The van der Waals surface area contributed by atoms with E-state index in [1.54, 1.807) is 0 Å². The van der Waals surface area contributed by atoms with Gasteiger partial charge in [0.1, 0.15) is 18.3 Å². The second kappa shape index (κ2) is 8.15. The summed E-state index contributed by atoms with van der Waals surface area (Å²) >= 11 is 0. The van der Waals surface area contributed by atoms with E-state index < -0.39 is 18.3 Å². The van der Waals surface area contributed by atoms with Crippen LogP contribution in [0.4, 0.5) is 0 Å². The van der Waals surface area contributed by atoms with Crippen LogP contribution in [0.1, 0.15) is 73.1 Å². The van der Waals surface area contributed by atoms with Crippen LogP contribution in [0.3, 0.4) is 0 Å². The minimum atomic E-state index is -0.627. The summed E-state index contributed by atoms with van der Waals surface area (Å²) in [5, 5.41) is 11.3. The van der Waals surface area contributed by atoms with Crippen molar-refractivity contribution in [2.24, 2.45) is 28.6 Å². The summed E-state index contributed by atoms with van der Waals surface area (Å²) in [6.07, 6.45) is 4.98. The molecular weight excluding hydrogens is 412 g/mol. The quantitative estimate of drug-likeness (QED) is 0.402. The number of aliphatic hydroxyl groups excluding tert-OH is 1. The molecule has 3 saturated carbocycles. The predicted octanol–water partition coefficient (Wildman–Crippen LogP) is 3.33. The van der Waals surface area contributed by atoms with E-state index in [9.17, 15) is 19.5 Å². The molecule has 0 aromatic rings. The van der Waals surface area contributed by atoms with Crippen LogP contribution in [0.2, 0.25) is 0 Å². The highest BCUT2D eigenvalue weighted by Crippen LogP contribution is 2.65. The molecule has 0 radical (unpaired) electrons. The first-order valence-corrected chi connectivity index (χ1v) is 11.9.